The van der Waals surface area contributed by atoms with Crippen LogP contribution in [-0.4, -0.2) is 13.1 Å². The van der Waals surface area contributed by atoms with Crippen LogP contribution in [0.1, 0.15) is 52.0 Å². The number of benzene rings is 1. The monoisotopic (exact) mass is 299 g/mol. The second-order valence-corrected chi connectivity index (χ2v) is 6.31. The molecule has 0 aliphatic rings. The highest BCUT2D eigenvalue weighted by Crippen LogP contribution is 2.34. The highest BCUT2D eigenvalue weighted by molar-refractivity contribution is 6.31. The van der Waals surface area contributed by atoms with Crippen LogP contribution in [0.15, 0.2) is 18.2 Å². The van der Waals surface area contributed by atoms with Crippen molar-refractivity contribution in [1.82, 2.24) is 5.32 Å². The van der Waals surface area contributed by atoms with E-state index in [-0.39, 0.29) is 5.82 Å². The normalized spacial score (nSPS) is 13.2. The second kappa shape index (κ2) is 8.63. The molecule has 0 saturated heterocycles. The quantitative estimate of drug-likeness (QED) is 0.692. The van der Waals surface area contributed by atoms with E-state index in [1.165, 1.54) is 12.1 Å². The molecule has 1 aromatic carbocycles. The fraction of sp³-hybridized carbons (Fsp3) is 0.647. The van der Waals surface area contributed by atoms with E-state index in [0.717, 1.165) is 31.5 Å². The highest BCUT2D eigenvalue weighted by Gasteiger charge is 2.22. The van der Waals surface area contributed by atoms with Crippen LogP contribution in [0.3, 0.4) is 0 Å². The number of rotatable bonds is 8. The molecule has 0 amide bonds. The lowest BCUT2D eigenvalue weighted by Crippen LogP contribution is -2.29. The van der Waals surface area contributed by atoms with Crippen molar-refractivity contribution in [2.75, 3.05) is 13.1 Å². The summed E-state index contributed by atoms with van der Waals surface area (Å²) in [5.41, 5.74) is 1.07. The van der Waals surface area contributed by atoms with Gasteiger partial charge in [0, 0.05) is 17.5 Å². The van der Waals surface area contributed by atoms with E-state index in [1.54, 1.807) is 0 Å². The molecular weight excluding hydrogens is 273 g/mol. The summed E-state index contributed by atoms with van der Waals surface area (Å²) in [6.45, 7) is 10.7. The first-order chi connectivity index (χ1) is 9.49. The van der Waals surface area contributed by atoms with Crippen LogP contribution in [0.5, 0.6) is 0 Å². The number of hydrogen-bond acceptors (Lipinski definition) is 1. The zero-order valence-electron chi connectivity index (χ0n) is 13.0. The van der Waals surface area contributed by atoms with Gasteiger partial charge < -0.3 is 5.32 Å². The maximum atomic E-state index is 13.2. The van der Waals surface area contributed by atoms with E-state index >= 15 is 0 Å². The predicted molar refractivity (Wildman–Crippen MR) is 85.9 cm³/mol. The van der Waals surface area contributed by atoms with Crippen molar-refractivity contribution >= 4 is 11.6 Å². The van der Waals surface area contributed by atoms with E-state index in [0.29, 0.717) is 22.8 Å². The van der Waals surface area contributed by atoms with Crippen molar-refractivity contribution < 1.29 is 4.39 Å². The minimum atomic E-state index is -0.266. The standard InChI is InChI=1S/C17H27ClFN/c1-5-13(6-2)16(11-20-10-12(3)4)15-8-7-14(19)9-17(15)18/h7-9,12-13,16,20H,5-6,10-11H2,1-4H3. The van der Waals surface area contributed by atoms with Gasteiger partial charge in [0.15, 0.2) is 0 Å². The van der Waals surface area contributed by atoms with Gasteiger partial charge in [-0.05, 0) is 36.1 Å². The molecule has 1 unspecified atom stereocenters. The zero-order chi connectivity index (χ0) is 15.1. The molecule has 114 valence electrons. The molecule has 0 fully saturated rings. The summed E-state index contributed by atoms with van der Waals surface area (Å²) in [5.74, 6) is 1.27. The van der Waals surface area contributed by atoms with Crippen LogP contribution in [0.2, 0.25) is 5.02 Å². The topological polar surface area (TPSA) is 12.0 Å². The van der Waals surface area contributed by atoms with E-state index in [4.69, 9.17) is 11.6 Å². The molecule has 0 spiro atoms. The molecule has 0 heterocycles. The number of nitrogens with one attached hydrogen (secondary N) is 1. The lowest BCUT2D eigenvalue weighted by Gasteiger charge is -2.27. The Labute approximate surface area is 127 Å². The lowest BCUT2D eigenvalue weighted by atomic mass is 9.82. The molecule has 1 atom stereocenters. The van der Waals surface area contributed by atoms with Crippen LogP contribution in [0.4, 0.5) is 4.39 Å². The van der Waals surface area contributed by atoms with Crippen LogP contribution < -0.4 is 5.32 Å². The van der Waals surface area contributed by atoms with E-state index < -0.39 is 0 Å². The molecule has 3 heteroatoms. The Balaban J connectivity index is 2.90. The molecule has 0 aliphatic carbocycles. The van der Waals surface area contributed by atoms with Gasteiger partial charge in [-0.15, -0.1) is 0 Å². The molecular formula is C17H27ClFN. The predicted octanol–water partition coefficient (Wildman–Crippen LogP) is 5.24. The van der Waals surface area contributed by atoms with Crippen molar-refractivity contribution in [2.24, 2.45) is 11.8 Å². The Bertz CT molecular complexity index is 402. The molecule has 0 bridgehead atoms. The molecule has 1 rings (SSSR count). The lowest BCUT2D eigenvalue weighted by molar-refractivity contribution is 0.372. The molecule has 0 aliphatic heterocycles. The summed E-state index contributed by atoms with van der Waals surface area (Å²) >= 11 is 6.26. The zero-order valence-corrected chi connectivity index (χ0v) is 13.8. The number of halogens is 2. The maximum absolute atomic E-state index is 13.2. The Morgan fingerprint density at radius 1 is 1.15 bits per heavy atom. The van der Waals surface area contributed by atoms with Gasteiger partial charge in [-0.1, -0.05) is 58.2 Å². The van der Waals surface area contributed by atoms with Gasteiger partial charge >= 0.3 is 0 Å². The van der Waals surface area contributed by atoms with Crippen LogP contribution in [-0.2, 0) is 0 Å². The van der Waals surface area contributed by atoms with Crippen molar-refractivity contribution in [3.63, 3.8) is 0 Å². The van der Waals surface area contributed by atoms with Crippen LogP contribution in [0, 0.1) is 17.7 Å². The van der Waals surface area contributed by atoms with E-state index in [1.807, 2.05) is 6.07 Å². The van der Waals surface area contributed by atoms with Gasteiger partial charge in [0.1, 0.15) is 5.82 Å². The minimum Gasteiger partial charge on any atom is -0.316 e. The van der Waals surface area contributed by atoms with Crippen molar-refractivity contribution in [2.45, 2.75) is 46.5 Å². The van der Waals surface area contributed by atoms with Crippen molar-refractivity contribution in [1.29, 1.82) is 0 Å². The van der Waals surface area contributed by atoms with Crippen LogP contribution >= 0.6 is 11.6 Å². The SMILES string of the molecule is CCC(CC)C(CNCC(C)C)c1ccc(F)cc1Cl. The molecule has 0 radical (unpaired) electrons. The Morgan fingerprint density at radius 2 is 1.80 bits per heavy atom. The Hall–Kier alpha value is -0.600. The molecule has 0 saturated carbocycles. The van der Waals surface area contributed by atoms with Gasteiger partial charge in [0.25, 0.3) is 0 Å². The van der Waals surface area contributed by atoms with E-state index in [9.17, 15) is 4.39 Å². The molecule has 1 N–H and O–H groups in total. The van der Waals surface area contributed by atoms with Gasteiger partial charge in [-0.25, -0.2) is 4.39 Å². The molecule has 1 aromatic rings. The number of hydrogen-bond donors (Lipinski definition) is 1. The van der Waals surface area contributed by atoms with Gasteiger partial charge in [-0.3, -0.25) is 0 Å². The summed E-state index contributed by atoms with van der Waals surface area (Å²) in [4.78, 5) is 0. The highest BCUT2D eigenvalue weighted by atomic mass is 35.5. The third-order valence-corrected chi connectivity index (χ3v) is 4.22. The summed E-state index contributed by atoms with van der Waals surface area (Å²) < 4.78 is 13.2. The fourth-order valence-electron chi connectivity index (χ4n) is 2.72. The molecule has 1 nitrogen and oxygen atoms in total. The third kappa shape index (κ3) is 5.06. The third-order valence-electron chi connectivity index (χ3n) is 3.90. The van der Waals surface area contributed by atoms with Gasteiger partial charge in [0.05, 0.1) is 0 Å². The van der Waals surface area contributed by atoms with Crippen LogP contribution in [0.25, 0.3) is 0 Å². The average molecular weight is 300 g/mol. The first-order valence-corrected chi connectivity index (χ1v) is 8.02. The molecule has 0 aromatic heterocycles. The fourth-order valence-corrected chi connectivity index (χ4v) is 3.03. The van der Waals surface area contributed by atoms with Crippen molar-refractivity contribution in [3.05, 3.63) is 34.6 Å². The Morgan fingerprint density at radius 3 is 2.30 bits per heavy atom. The van der Waals surface area contributed by atoms with E-state index in [2.05, 4.69) is 33.0 Å². The summed E-state index contributed by atoms with van der Waals surface area (Å²) in [7, 11) is 0. The summed E-state index contributed by atoms with van der Waals surface area (Å²) in [6.07, 6.45) is 2.22. The smallest absolute Gasteiger partial charge is 0.124 e. The maximum Gasteiger partial charge on any atom is 0.124 e. The average Bonchev–Trinajstić information content (AvgIpc) is 2.38. The summed E-state index contributed by atoms with van der Waals surface area (Å²) in [6, 6.07) is 4.78. The van der Waals surface area contributed by atoms with Crippen molar-refractivity contribution in [3.8, 4) is 0 Å². The largest absolute Gasteiger partial charge is 0.316 e. The molecule has 20 heavy (non-hydrogen) atoms. The minimum absolute atomic E-state index is 0.266. The summed E-state index contributed by atoms with van der Waals surface area (Å²) in [5, 5.41) is 4.07. The van der Waals surface area contributed by atoms with Gasteiger partial charge in [0.2, 0.25) is 0 Å². The first kappa shape index (κ1) is 17.5. The second-order valence-electron chi connectivity index (χ2n) is 5.90. The first-order valence-electron chi connectivity index (χ1n) is 7.65. The Kier molecular flexibility index (Phi) is 7.53. The van der Waals surface area contributed by atoms with Gasteiger partial charge in [-0.2, -0.15) is 0 Å².